The predicted molar refractivity (Wildman–Crippen MR) is 52.2 cm³/mol. The molecule has 0 aromatic rings. The highest BCUT2D eigenvalue weighted by Gasteiger charge is 2.26. The SMILES string of the molecule is O=[C]C1CCN(C2CCCC2)CC1. The van der Waals surface area contributed by atoms with Gasteiger partial charge in [0.25, 0.3) is 0 Å². The molecule has 1 heterocycles. The maximum absolute atomic E-state index is 10.4. The summed E-state index contributed by atoms with van der Waals surface area (Å²) in [5.41, 5.74) is 0. The number of nitrogens with zero attached hydrogens (tertiary/aromatic N) is 1. The lowest BCUT2D eigenvalue weighted by Crippen LogP contribution is -2.40. The van der Waals surface area contributed by atoms with Crippen molar-refractivity contribution < 1.29 is 4.79 Å². The van der Waals surface area contributed by atoms with E-state index in [0.29, 0.717) is 0 Å². The standard InChI is InChI=1S/C11H18NO/c13-9-10-5-7-12(8-6-10)11-3-1-2-4-11/h10-11H,1-8H2. The van der Waals surface area contributed by atoms with Crippen LogP contribution in [-0.2, 0) is 4.79 Å². The molecule has 1 saturated heterocycles. The molecule has 2 heteroatoms. The van der Waals surface area contributed by atoms with Crippen molar-refractivity contribution in [3.63, 3.8) is 0 Å². The molecule has 2 nitrogen and oxygen atoms in total. The molecule has 13 heavy (non-hydrogen) atoms. The molecule has 2 fully saturated rings. The van der Waals surface area contributed by atoms with Gasteiger partial charge in [0.15, 0.2) is 0 Å². The van der Waals surface area contributed by atoms with Crippen molar-refractivity contribution >= 4 is 6.29 Å². The summed E-state index contributed by atoms with van der Waals surface area (Å²) in [7, 11) is 0. The number of hydrogen-bond acceptors (Lipinski definition) is 2. The molecule has 1 aliphatic carbocycles. The molecule has 0 unspecified atom stereocenters. The Morgan fingerprint density at radius 1 is 1.00 bits per heavy atom. The van der Waals surface area contributed by atoms with Crippen LogP contribution in [0.4, 0.5) is 0 Å². The highest BCUT2D eigenvalue weighted by atomic mass is 16.1. The topological polar surface area (TPSA) is 20.3 Å². The van der Waals surface area contributed by atoms with E-state index in [-0.39, 0.29) is 5.92 Å². The highest BCUT2D eigenvalue weighted by Crippen LogP contribution is 2.27. The molecule has 0 amide bonds. The third kappa shape index (κ3) is 2.11. The number of carbonyl (C=O) groups excluding carboxylic acids is 1. The third-order valence-electron chi connectivity index (χ3n) is 3.54. The minimum atomic E-state index is 0.234. The van der Waals surface area contributed by atoms with Crippen LogP contribution in [-0.4, -0.2) is 30.3 Å². The van der Waals surface area contributed by atoms with Crippen LogP contribution in [0, 0.1) is 5.92 Å². The van der Waals surface area contributed by atoms with Crippen molar-refractivity contribution in [1.29, 1.82) is 0 Å². The second kappa shape index (κ2) is 4.23. The molecular formula is C11H18NO. The van der Waals surface area contributed by atoms with Gasteiger partial charge in [-0.25, -0.2) is 0 Å². The van der Waals surface area contributed by atoms with E-state index in [9.17, 15) is 4.79 Å². The van der Waals surface area contributed by atoms with Gasteiger partial charge in [0, 0.05) is 12.0 Å². The van der Waals surface area contributed by atoms with E-state index in [4.69, 9.17) is 0 Å². The van der Waals surface area contributed by atoms with Gasteiger partial charge in [0.2, 0.25) is 6.29 Å². The van der Waals surface area contributed by atoms with Gasteiger partial charge < -0.3 is 4.90 Å². The molecule has 2 rings (SSSR count). The first-order chi connectivity index (χ1) is 6.40. The number of piperidine rings is 1. The van der Waals surface area contributed by atoms with Crippen LogP contribution in [0.2, 0.25) is 0 Å². The second-order valence-corrected chi connectivity index (χ2v) is 4.37. The van der Waals surface area contributed by atoms with Gasteiger partial charge in [-0.1, -0.05) is 12.8 Å². The Morgan fingerprint density at radius 3 is 2.15 bits per heavy atom. The van der Waals surface area contributed by atoms with Crippen molar-refractivity contribution in [3.8, 4) is 0 Å². The smallest absolute Gasteiger partial charge is 0.201 e. The molecule has 0 bridgehead atoms. The third-order valence-corrected chi connectivity index (χ3v) is 3.54. The summed E-state index contributed by atoms with van der Waals surface area (Å²) in [6.07, 6.45) is 9.80. The molecule has 1 radical (unpaired) electrons. The zero-order valence-electron chi connectivity index (χ0n) is 8.17. The maximum Gasteiger partial charge on any atom is 0.201 e. The summed E-state index contributed by atoms with van der Waals surface area (Å²) in [4.78, 5) is 13.0. The fourth-order valence-electron chi connectivity index (χ4n) is 2.65. The first-order valence-electron chi connectivity index (χ1n) is 5.52. The van der Waals surface area contributed by atoms with E-state index in [0.717, 1.165) is 32.0 Å². The van der Waals surface area contributed by atoms with Crippen LogP contribution in [0.25, 0.3) is 0 Å². The van der Waals surface area contributed by atoms with E-state index in [1.54, 1.807) is 0 Å². The van der Waals surface area contributed by atoms with E-state index < -0.39 is 0 Å². The molecular weight excluding hydrogens is 162 g/mol. The Hall–Kier alpha value is -0.370. The second-order valence-electron chi connectivity index (χ2n) is 4.37. The predicted octanol–water partition coefficient (Wildman–Crippen LogP) is 1.75. The summed E-state index contributed by atoms with van der Waals surface area (Å²) in [5.74, 6) is 0.234. The number of hydrogen-bond donors (Lipinski definition) is 0. The van der Waals surface area contributed by atoms with Crippen LogP contribution in [0.15, 0.2) is 0 Å². The van der Waals surface area contributed by atoms with E-state index in [1.807, 2.05) is 0 Å². The molecule has 1 saturated carbocycles. The lowest BCUT2D eigenvalue weighted by atomic mass is 9.97. The fourth-order valence-corrected chi connectivity index (χ4v) is 2.65. The lowest BCUT2D eigenvalue weighted by molar-refractivity contribution is 0.151. The Morgan fingerprint density at radius 2 is 1.62 bits per heavy atom. The summed E-state index contributed by atoms with van der Waals surface area (Å²) in [6, 6.07) is 0.840. The Kier molecular flexibility index (Phi) is 2.99. The summed E-state index contributed by atoms with van der Waals surface area (Å²) in [5, 5.41) is 0. The maximum atomic E-state index is 10.4. The first kappa shape index (κ1) is 9.20. The van der Waals surface area contributed by atoms with Crippen LogP contribution in [0.1, 0.15) is 38.5 Å². The normalized spacial score (nSPS) is 28.0. The van der Waals surface area contributed by atoms with E-state index in [1.165, 1.54) is 25.7 Å². The van der Waals surface area contributed by atoms with Gasteiger partial charge in [-0.2, -0.15) is 0 Å². The van der Waals surface area contributed by atoms with Crippen molar-refractivity contribution in [1.82, 2.24) is 4.90 Å². The summed E-state index contributed by atoms with van der Waals surface area (Å²) < 4.78 is 0. The lowest BCUT2D eigenvalue weighted by Gasteiger charge is -2.34. The monoisotopic (exact) mass is 180 g/mol. The summed E-state index contributed by atoms with van der Waals surface area (Å²) >= 11 is 0. The molecule has 0 atom stereocenters. The van der Waals surface area contributed by atoms with Crippen LogP contribution in [0.3, 0.4) is 0 Å². The fraction of sp³-hybridized carbons (Fsp3) is 0.909. The molecule has 73 valence electrons. The number of rotatable bonds is 2. The average Bonchev–Trinajstić information content (AvgIpc) is 2.71. The van der Waals surface area contributed by atoms with Crippen LogP contribution in [0.5, 0.6) is 0 Å². The van der Waals surface area contributed by atoms with Gasteiger partial charge in [0.1, 0.15) is 0 Å². The average molecular weight is 180 g/mol. The van der Waals surface area contributed by atoms with Gasteiger partial charge in [-0.15, -0.1) is 0 Å². The van der Waals surface area contributed by atoms with Crippen molar-refractivity contribution in [2.24, 2.45) is 5.92 Å². The van der Waals surface area contributed by atoms with Crippen LogP contribution >= 0.6 is 0 Å². The number of likely N-dealkylation sites (tertiary alicyclic amines) is 1. The van der Waals surface area contributed by atoms with Gasteiger partial charge in [0.05, 0.1) is 0 Å². The Bertz CT molecular complexity index is 167. The van der Waals surface area contributed by atoms with Gasteiger partial charge in [-0.05, 0) is 38.8 Å². The first-order valence-corrected chi connectivity index (χ1v) is 5.52. The summed E-state index contributed by atoms with van der Waals surface area (Å²) in [6.45, 7) is 2.26. The molecule has 2 aliphatic rings. The molecule has 0 spiro atoms. The van der Waals surface area contributed by atoms with Crippen LogP contribution < -0.4 is 0 Å². The minimum absolute atomic E-state index is 0.234. The zero-order chi connectivity index (χ0) is 9.10. The quantitative estimate of drug-likeness (QED) is 0.645. The van der Waals surface area contributed by atoms with Gasteiger partial charge in [-0.3, -0.25) is 4.79 Å². The van der Waals surface area contributed by atoms with Gasteiger partial charge >= 0.3 is 0 Å². The molecule has 0 aromatic carbocycles. The molecule has 0 N–H and O–H groups in total. The Labute approximate surface area is 80.3 Å². The zero-order valence-corrected chi connectivity index (χ0v) is 8.17. The molecule has 1 aliphatic heterocycles. The Balaban J connectivity index is 1.79. The van der Waals surface area contributed by atoms with Crippen molar-refractivity contribution in [2.75, 3.05) is 13.1 Å². The largest absolute Gasteiger partial charge is 0.300 e. The molecule has 0 aromatic heterocycles. The van der Waals surface area contributed by atoms with Crippen molar-refractivity contribution in [2.45, 2.75) is 44.6 Å². The van der Waals surface area contributed by atoms with Crippen molar-refractivity contribution in [3.05, 3.63) is 0 Å². The highest BCUT2D eigenvalue weighted by molar-refractivity contribution is 5.54. The minimum Gasteiger partial charge on any atom is -0.300 e. The van der Waals surface area contributed by atoms with E-state index in [2.05, 4.69) is 11.2 Å². The van der Waals surface area contributed by atoms with E-state index >= 15 is 0 Å².